The van der Waals surface area contributed by atoms with Gasteiger partial charge in [0.1, 0.15) is 0 Å². The molecular formula is C29H38N4O2. The molecule has 0 bridgehead atoms. The van der Waals surface area contributed by atoms with Crippen molar-refractivity contribution in [3.63, 3.8) is 0 Å². The van der Waals surface area contributed by atoms with Gasteiger partial charge in [-0.05, 0) is 61.2 Å². The third kappa shape index (κ3) is 4.13. The van der Waals surface area contributed by atoms with E-state index in [1.165, 1.54) is 11.3 Å². The number of carbonyl (C=O) groups excluding carboxylic acids is 1. The summed E-state index contributed by atoms with van der Waals surface area (Å²) in [6, 6.07) is 10.3. The Morgan fingerprint density at radius 2 is 1.86 bits per heavy atom. The van der Waals surface area contributed by atoms with Crippen molar-refractivity contribution in [3.8, 4) is 0 Å². The topological polar surface area (TPSA) is 85.6 Å². The summed E-state index contributed by atoms with van der Waals surface area (Å²) < 4.78 is 0. The number of nitrogens with zero attached hydrogens (tertiary/aromatic N) is 2. The molecule has 6 nitrogen and oxygen atoms in total. The Labute approximate surface area is 208 Å². The predicted octanol–water partition coefficient (Wildman–Crippen LogP) is 4.47. The maximum Gasteiger partial charge on any atom is 0.195 e. The van der Waals surface area contributed by atoms with E-state index in [4.69, 9.17) is 10.8 Å². The van der Waals surface area contributed by atoms with Gasteiger partial charge in [0.05, 0.1) is 5.56 Å². The van der Waals surface area contributed by atoms with E-state index >= 15 is 0 Å². The van der Waals surface area contributed by atoms with Crippen LogP contribution in [-0.2, 0) is 11.8 Å². The van der Waals surface area contributed by atoms with Gasteiger partial charge in [0, 0.05) is 71.7 Å². The van der Waals surface area contributed by atoms with Crippen LogP contribution < -0.4 is 10.6 Å². The molecule has 0 atom stereocenters. The molecule has 0 spiro atoms. The van der Waals surface area contributed by atoms with Crippen LogP contribution in [-0.4, -0.2) is 60.1 Å². The zero-order valence-corrected chi connectivity index (χ0v) is 21.3. The number of ketones is 1. The summed E-state index contributed by atoms with van der Waals surface area (Å²) >= 11 is 0. The second kappa shape index (κ2) is 9.32. The number of aliphatic hydroxyl groups excluding tert-OH is 1. The number of fused-ring (bicyclic) bond motifs is 4. The molecule has 5 rings (SSSR count). The SMILES string of the molecule is CCCc1cc2c(cc1N1CCN(CCCCO)CC1)C(C)(C)c1[nH]c3cc(N)ccc3c1C2=O. The van der Waals surface area contributed by atoms with Crippen molar-refractivity contribution in [2.45, 2.75) is 51.9 Å². The molecule has 0 radical (unpaired) electrons. The number of unbranched alkanes of at least 4 members (excludes halogenated alkanes) is 1. The normalized spacial score (nSPS) is 17.6. The molecule has 0 saturated carbocycles. The van der Waals surface area contributed by atoms with E-state index in [-0.39, 0.29) is 17.8 Å². The molecule has 0 amide bonds. The minimum atomic E-state index is -0.321. The number of nitrogen functional groups attached to an aromatic ring is 1. The monoisotopic (exact) mass is 474 g/mol. The van der Waals surface area contributed by atoms with Crippen LogP contribution in [0.2, 0.25) is 0 Å². The highest BCUT2D eigenvalue weighted by Gasteiger charge is 2.40. The van der Waals surface area contributed by atoms with Crippen LogP contribution in [0.15, 0.2) is 30.3 Å². The van der Waals surface area contributed by atoms with Crippen molar-refractivity contribution in [2.24, 2.45) is 0 Å². The number of hydrogen-bond donors (Lipinski definition) is 3. The molecule has 6 heteroatoms. The van der Waals surface area contributed by atoms with Gasteiger partial charge in [0.2, 0.25) is 0 Å². The highest BCUT2D eigenvalue weighted by molar-refractivity contribution is 6.20. The molecule has 3 aromatic rings. The number of piperazine rings is 1. The van der Waals surface area contributed by atoms with Crippen LogP contribution in [0.5, 0.6) is 0 Å². The van der Waals surface area contributed by atoms with Gasteiger partial charge < -0.3 is 20.7 Å². The van der Waals surface area contributed by atoms with Gasteiger partial charge in [-0.15, -0.1) is 0 Å². The van der Waals surface area contributed by atoms with Gasteiger partial charge in [-0.25, -0.2) is 0 Å². The van der Waals surface area contributed by atoms with E-state index in [0.717, 1.165) is 91.7 Å². The number of aromatic amines is 1. The smallest absolute Gasteiger partial charge is 0.195 e. The number of H-pyrrole nitrogens is 1. The van der Waals surface area contributed by atoms with E-state index in [1.807, 2.05) is 18.2 Å². The second-order valence-electron chi connectivity index (χ2n) is 10.7. The van der Waals surface area contributed by atoms with E-state index in [2.05, 4.69) is 47.7 Å². The van der Waals surface area contributed by atoms with Crippen LogP contribution in [0.25, 0.3) is 10.9 Å². The van der Waals surface area contributed by atoms with E-state index < -0.39 is 0 Å². The first kappa shape index (κ1) is 23.9. The van der Waals surface area contributed by atoms with E-state index in [0.29, 0.717) is 5.69 Å². The first-order valence-electron chi connectivity index (χ1n) is 13.1. The lowest BCUT2D eigenvalue weighted by molar-refractivity contribution is 0.103. The van der Waals surface area contributed by atoms with E-state index in [9.17, 15) is 4.79 Å². The first-order chi connectivity index (χ1) is 16.8. The van der Waals surface area contributed by atoms with Gasteiger partial charge in [-0.1, -0.05) is 33.3 Å². The number of rotatable bonds is 7. The lowest BCUT2D eigenvalue weighted by atomic mass is 9.70. The van der Waals surface area contributed by atoms with E-state index in [1.54, 1.807) is 0 Å². The van der Waals surface area contributed by atoms with Gasteiger partial charge in [-0.2, -0.15) is 0 Å². The first-order valence-corrected chi connectivity index (χ1v) is 13.1. The number of benzene rings is 2. The minimum absolute atomic E-state index is 0.114. The number of carbonyl (C=O) groups is 1. The zero-order chi connectivity index (χ0) is 24.7. The summed E-state index contributed by atoms with van der Waals surface area (Å²) in [5, 5.41) is 10.0. The molecule has 186 valence electrons. The molecule has 1 aliphatic heterocycles. The molecule has 2 aromatic carbocycles. The Bertz CT molecular complexity index is 1250. The summed E-state index contributed by atoms with van der Waals surface area (Å²) in [5.41, 5.74) is 13.6. The summed E-state index contributed by atoms with van der Waals surface area (Å²) in [6.07, 6.45) is 3.93. The van der Waals surface area contributed by atoms with Crippen LogP contribution >= 0.6 is 0 Å². The predicted molar refractivity (Wildman–Crippen MR) is 144 cm³/mol. The van der Waals surface area contributed by atoms with Crippen molar-refractivity contribution in [3.05, 3.63) is 58.3 Å². The third-order valence-corrected chi connectivity index (χ3v) is 7.93. The minimum Gasteiger partial charge on any atom is -0.399 e. The Kier molecular flexibility index (Phi) is 6.36. The van der Waals surface area contributed by atoms with Crippen LogP contribution in [0.1, 0.15) is 72.8 Å². The number of nitrogens with one attached hydrogen (secondary N) is 1. The quantitative estimate of drug-likeness (QED) is 0.348. The fraction of sp³-hybridized carbons (Fsp3) is 0.483. The number of hydrogen-bond acceptors (Lipinski definition) is 5. The van der Waals surface area contributed by atoms with Gasteiger partial charge in [0.15, 0.2) is 5.78 Å². The average Bonchev–Trinajstić information content (AvgIpc) is 3.23. The molecule has 35 heavy (non-hydrogen) atoms. The molecule has 1 saturated heterocycles. The zero-order valence-electron chi connectivity index (χ0n) is 21.3. The van der Waals surface area contributed by atoms with Crippen LogP contribution in [0.3, 0.4) is 0 Å². The van der Waals surface area contributed by atoms with Crippen molar-refractivity contribution < 1.29 is 9.90 Å². The Morgan fingerprint density at radius 1 is 1.09 bits per heavy atom. The van der Waals surface area contributed by atoms with Gasteiger partial charge in [0.25, 0.3) is 0 Å². The molecule has 1 aromatic heterocycles. The van der Waals surface area contributed by atoms with Crippen molar-refractivity contribution in [1.82, 2.24) is 9.88 Å². The Morgan fingerprint density at radius 3 is 2.57 bits per heavy atom. The average molecular weight is 475 g/mol. The third-order valence-electron chi connectivity index (χ3n) is 7.93. The largest absolute Gasteiger partial charge is 0.399 e. The number of anilines is 2. The summed E-state index contributed by atoms with van der Waals surface area (Å²) in [6.45, 7) is 12.0. The highest BCUT2D eigenvalue weighted by Crippen LogP contribution is 2.46. The van der Waals surface area contributed by atoms with Crippen molar-refractivity contribution in [1.29, 1.82) is 0 Å². The second-order valence-corrected chi connectivity index (χ2v) is 10.7. The molecule has 2 aliphatic rings. The van der Waals surface area contributed by atoms with Crippen molar-refractivity contribution in [2.75, 3.05) is 50.0 Å². The fourth-order valence-corrected chi connectivity index (χ4v) is 5.95. The molecule has 1 fully saturated rings. The summed E-state index contributed by atoms with van der Waals surface area (Å²) in [4.78, 5) is 22.4. The standard InChI is InChI=1S/C29H38N4O2/c1-4-7-19-16-22-23(18-25(19)33-13-11-32(12-14-33)10-5-6-15-34)29(2,3)28-26(27(22)35)21-9-8-20(30)17-24(21)31-28/h8-9,16-18,31,34H,4-7,10-15,30H2,1-3H3. The number of aromatic nitrogens is 1. The van der Waals surface area contributed by atoms with Crippen molar-refractivity contribution >= 4 is 28.1 Å². The molecule has 2 heterocycles. The lowest BCUT2D eigenvalue weighted by Crippen LogP contribution is -2.47. The maximum atomic E-state index is 13.9. The molecule has 4 N–H and O–H groups in total. The van der Waals surface area contributed by atoms with Gasteiger partial charge >= 0.3 is 0 Å². The number of nitrogens with two attached hydrogens (primary N) is 1. The fourth-order valence-electron chi connectivity index (χ4n) is 5.95. The molecular weight excluding hydrogens is 436 g/mol. The maximum absolute atomic E-state index is 13.9. The molecule has 1 aliphatic carbocycles. The number of aryl methyl sites for hydroxylation is 1. The van der Waals surface area contributed by atoms with Crippen LogP contribution in [0, 0.1) is 0 Å². The highest BCUT2D eigenvalue weighted by atomic mass is 16.2. The Hall–Kier alpha value is -2.83. The van der Waals surface area contributed by atoms with Crippen LogP contribution in [0.4, 0.5) is 11.4 Å². The summed E-state index contributed by atoms with van der Waals surface area (Å²) in [5.74, 6) is 0.114. The summed E-state index contributed by atoms with van der Waals surface area (Å²) in [7, 11) is 0. The Balaban J connectivity index is 1.53. The lowest BCUT2D eigenvalue weighted by Gasteiger charge is -2.39. The number of aliphatic hydroxyl groups is 1. The van der Waals surface area contributed by atoms with Gasteiger partial charge in [-0.3, -0.25) is 9.69 Å². The molecule has 0 unspecified atom stereocenters.